The summed E-state index contributed by atoms with van der Waals surface area (Å²) in [5.74, 6) is 0. The second-order valence-corrected chi connectivity index (χ2v) is 7.45. The molecule has 0 aliphatic carbocycles. The summed E-state index contributed by atoms with van der Waals surface area (Å²) < 4.78 is 53.3. The first kappa shape index (κ1) is 26.9. The Morgan fingerprint density at radius 2 is 1.87 bits per heavy atom. The Balaban J connectivity index is 3.23. The number of benzene rings is 1. The number of ether oxygens (including phenoxy) is 2. The van der Waals surface area contributed by atoms with Crippen LogP contribution in [-0.4, -0.2) is 61.5 Å². The second kappa shape index (κ2) is 12.0. The predicted molar refractivity (Wildman–Crippen MR) is 117 cm³/mol. The van der Waals surface area contributed by atoms with Crippen molar-refractivity contribution in [2.24, 2.45) is 10.4 Å². The van der Waals surface area contributed by atoms with Crippen LogP contribution in [0.25, 0.3) is 0 Å². The molecule has 8 heteroatoms. The zero-order valence-corrected chi connectivity index (χ0v) is 18.8. The summed E-state index contributed by atoms with van der Waals surface area (Å²) in [4.78, 5) is 5.88. The van der Waals surface area contributed by atoms with E-state index in [1.54, 1.807) is 48.5 Å². The van der Waals surface area contributed by atoms with E-state index < -0.39 is 29.9 Å². The lowest BCUT2D eigenvalue weighted by Gasteiger charge is -2.46. The summed E-state index contributed by atoms with van der Waals surface area (Å²) in [6, 6.07) is 8.81. The summed E-state index contributed by atoms with van der Waals surface area (Å²) in [5, 5.41) is 11.0. The Bertz CT molecular complexity index is 737. The molecule has 3 atom stereocenters. The second-order valence-electron chi connectivity index (χ2n) is 7.45. The van der Waals surface area contributed by atoms with Gasteiger partial charge >= 0.3 is 6.18 Å². The Hall–Kier alpha value is -2.16. The topological polar surface area (TPSA) is 54.3 Å². The molecule has 0 spiro atoms. The Morgan fingerprint density at radius 1 is 1.23 bits per heavy atom. The molecule has 0 aliphatic heterocycles. The first-order valence-electron chi connectivity index (χ1n) is 10.0. The quantitative estimate of drug-likeness (QED) is 0.292. The third-order valence-electron chi connectivity index (χ3n) is 5.25. The molecule has 0 aliphatic rings. The Labute approximate surface area is 182 Å². The summed E-state index contributed by atoms with van der Waals surface area (Å²) in [6.45, 7) is 4.54. The van der Waals surface area contributed by atoms with Crippen molar-refractivity contribution in [3.05, 3.63) is 60.3 Å². The van der Waals surface area contributed by atoms with Crippen molar-refractivity contribution in [3.8, 4) is 0 Å². The normalized spacial score (nSPS) is 17.8. The predicted octanol–water partition coefficient (Wildman–Crippen LogP) is 4.59. The largest absolute Gasteiger partial charge is 0.420 e. The maximum Gasteiger partial charge on any atom is 0.420 e. The van der Waals surface area contributed by atoms with E-state index in [-0.39, 0.29) is 6.61 Å². The standard InChI is InChI=1S/C23H33F3N2O3/c1-6-14-21(3,20(30-5)13-15-27-18-28(4)7-2)22(29,23(24,25)26)17-31-16-19-11-9-8-10-12-19/h6,8-15,18,20,29H,7,16-17H2,1-5H3/b14-6+,15-13+,27-18?. The van der Waals surface area contributed by atoms with Crippen LogP contribution < -0.4 is 0 Å². The van der Waals surface area contributed by atoms with E-state index in [9.17, 15) is 18.3 Å². The highest BCUT2D eigenvalue weighted by Gasteiger charge is 2.65. The van der Waals surface area contributed by atoms with Crippen LogP contribution in [0, 0.1) is 5.41 Å². The average molecular weight is 443 g/mol. The highest BCUT2D eigenvalue weighted by atomic mass is 19.4. The molecule has 0 radical (unpaired) electrons. The van der Waals surface area contributed by atoms with E-state index in [1.807, 2.05) is 14.0 Å². The van der Waals surface area contributed by atoms with Gasteiger partial charge in [-0.05, 0) is 25.5 Å². The lowest BCUT2D eigenvalue weighted by atomic mass is 9.68. The zero-order valence-electron chi connectivity index (χ0n) is 18.8. The van der Waals surface area contributed by atoms with Crippen molar-refractivity contribution in [1.82, 2.24) is 4.90 Å². The third kappa shape index (κ3) is 6.92. The van der Waals surface area contributed by atoms with Gasteiger partial charge in [-0.25, -0.2) is 4.99 Å². The van der Waals surface area contributed by atoms with Crippen LogP contribution in [0.2, 0.25) is 0 Å². The van der Waals surface area contributed by atoms with Gasteiger partial charge < -0.3 is 19.5 Å². The van der Waals surface area contributed by atoms with Gasteiger partial charge in [0, 0.05) is 26.9 Å². The van der Waals surface area contributed by atoms with E-state index in [4.69, 9.17) is 9.47 Å². The number of nitrogens with zero attached hydrogens (tertiary/aromatic N) is 2. The number of allylic oxidation sites excluding steroid dienone is 1. The molecule has 0 amide bonds. The first-order valence-corrected chi connectivity index (χ1v) is 10.0. The van der Waals surface area contributed by atoms with Gasteiger partial charge in [0.05, 0.1) is 31.1 Å². The molecule has 174 valence electrons. The molecule has 1 aromatic carbocycles. The SMILES string of the molecule is C/C=C/C(C)(C(/C=C/N=CN(C)CC)OC)C(O)(COCc1ccccc1)C(F)(F)F. The summed E-state index contributed by atoms with van der Waals surface area (Å²) in [7, 11) is 3.11. The van der Waals surface area contributed by atoms with Gasteiger partial charge in [0.25, 0.3) is 0 Å². The minimum atomic E-state index is -4.98. The lowest BCUT2D eigenvalue weighted by Crippen LogP contribution is -2.63. The molecule has 1 rings (SSSR count). The fraction of sp³-hybridized carbons (Fsp3) is 0.522. The van der Waals surface area contributed by atoms with Gasteiger partial charge in [0.2, 0.25) is 0 Å². The van der Waals surface area contributed by atoms with Gasteiger partial charge in [-0.2, -0.15) is 13.2 Å². The minimum Gasteiger partial charge on any atom is -0.378 e. The highest BCUT2D eigenvalue weighted by Crippen LogP contribution is 2.48. The van der Waals surface area contributed by atoms with E-state index in [1.165, 1.54) is 38.5 Å². The van der Waals surface area contributed by atoms with E-state index in [0.29, 0.717) is 5.56 Å². The molecule has 0 saturated carbocycles. The number of methoxy groups -OCH3 is 1. The summed E-state index contributed by atoms with van der Waals surface area (Å²) >= 11 is 0. The van der Waals surface area contributed by atoms with Crippen LogP contribution in [0.3, 0.4) is 0 Å². The minimum absolute atomic E-state index is 0.0632. The third-order valence-corrected chi connectivity index (χ3v) is 5.25. The number of halogens is 3. The lowest BCUT2D eigenvalue weighted by molar-refractivity contribution is -0.316. The molecule has 1 aromatic rings. The molecule has 5 nitrogen and oxygen atoms in total. The van der Waals surface area contributed by atoms with Crippen molar-refractivity contribution < 1.29 is 27.8 Å². The number of hydrogen-bond donors (Lipinski definition) is 1. The van der Waals surface area contributed by atoms with Crippen LogP contribution in [0.1, 0.15) is 26.3 Å². The molecule has 0 bridgehead atoms. The number of alkyl halides is 3. The Kier molecular flexibility index (Phi) is 10.4. The molecule has 1 N–H and O–H groups in total. The van der Waals surface area contributed by atoms with E-state index in [0.717, 1.165) is 6.54 Å². The van der Waals surface area contributed by atoms with Crippen LogP contribution >= 0.6 is 0 Å². The van der Waals surface area contributed by atoms with E-state index in [2.05, 4.69) is 4.99 Å². The number of rotatable bonds is 12. The maximum absolute atomic E-state index is 14.2. The molecular formula is C23H33F3N2O3. The fourth-order valence-electron chi connectivity index (χ4n) is 3.13. The molecule has 0 heterocycles. The number of aliphatic hydroxyl groups is 1. The zero-order chi connectivity index (χ0) is 23.5. The highest BCUT2D eigenvalue weighted by molar-refractivity contribution is 5.55. The molecule has 0 fully saturated rings. The smallest absolute Gasteiger partial charge is 0.378 e. The van der Waals surface area contributed by atoms with E-state index >= 15 is 0 Å². The molecule has 3 unspecified atom stereocenters. The first-order chi connectivity index (χ1) is 14.6. The van der Waals surface area contributed by atoms with Gasteiger partial charge in [-0.15, -0.1) is 0 Å². The van der Waals surface area contributed by atoms with Crippen LogP contribution in [0.15, 0.2) is 59.8 Å². The summed E-state index contributed by atoms with van der Waals surface area (Å²) in [6.07, 6.45) is 0.968. The Morgan fingerprint density at radius 3 is 2.39 bits per heavy atom. The van der Waals surface area contributed by atoms with Crippen molar-refractivity contribution in [3.63, 3.8) is 0 Å². The van der Waals surface area contributed by atoms with Gasteiger partial charge in [0.1, 0.15) is 0 Å². The fourth-order valence-corrected chi connectivity index (χ4v) is 3.13. The van der Waals surface area contributed by atoms with Gasteiger partial charge in [0.15, 0.2) is 5.60 Å². The van der Waals surface area contributed by atoms with Gasteiger partial charge in [-0.3, -0.25) is 0 Å². The van der Waals surface area contributed by atoms with Crippen LogP contribution in [-0.2, 0) is 16.1 Å². The molecule has 0 saturated heterocycles. The monoisotopic (exact) mass is 442 g/mol. The van der Waals surface area contributed by atoms with Crippen molar-refractivity contribution in [2.45, 2.75) is 45.3 Å². The maximum atomic E-state index is 14.2. The molecule has 0 aromatic heterocycles. The van der Waals surface area contributed by atoms with Crippen molar-refractivity contribution in [1.29, 1.82) is 0 Å². The van der Waals surface area contributed by atoms with Crippen LogP contribution in [0.4, 0.5) is 13.2 Å². The molecule has 31 heavy (non-hydrogen) atoms. The van der Waals surface area contributed by atoms with Crippen molar-refractivity contribution in [2.75, 3.05) is 27.3 Å². The molecular weight excluding hydrogens is 409 g/mol. The van der Waals surface area contributed by atoms with Crippen LogP contribution in [0.5, 0.6) is 0 Å². The number of hydrogen-bond acceptors (Lipinski definition) is 4. The van der Waals surface area contributed by atoms with Gasteiger partial charge in [-0.1, -0.05) is 49.4 Å². The summed E-state index contributed by atoms with van der Waals surface area (Å²) in [5.41, 5.74) is -4.39. The van der Waals surface area contributed by atoms with Crippen molar-refractivity contribution >= 4 is 6.34 Å². The number of aliphatic imine (C=N–C) groups is 1. The average Bonchev–Trinajstić information content (AvgIpc) is 2.73.